The number of carbonyl (C=O) groups excluding carboxylic acids is 1. The first-order valence-corrected chi connectivity index (χ1v) is 10.5. The number of anilines is 2. The standard InChI is InChI=1S/C19H23ClN2O3S/c1-5-18(19(23)21-17-11-13(2)9-10-14(17)3)22(26(4,24)25)16-8-6-7-15(20)12-16/h6-12,18H,5H2,1-4H3,(H,21,23)/t18-/m1/s1. The second kappa shape index (κ2) is 8.10. The fourth-order valence-corrected chi connectivity index (χ4v) is 4.15. The van der Waals surface area contributed by atoms with Gasteiger partial charge in [-0.25, -0.2) is 8.42 Å². The number of hydrogen-bond acceptors (Lipinski definition) is 3. The quantitative estimate of drug-likeness (QED) is 0.800. The van der Waals surface area contributed by atoms with Crippen molar-refractivity contribution in [3.63, 3.8) is 0 Å². The van der Waals surface area contributed by atoms with Gasteiger partial charge in [-0.15, -0.1) is 0 Å². The van der Waals surface area contributed by atoms with E-state index in [9.17, 15) is 13.2 Å². The zero-order valence-corrected chi connectivity index (χ0v) is 16.9. The topological polar surface area (TPSA) is 66.5 Å². The summed E-state index contributed by atoms with van der Waals surface area (Å²) in [4.78, 5) is 12.9. The second-order valence-corrected chi connectivity index (χ2v) is 8.57. The Hall–Kier alpha value is -2.05. The van der Waals surface area contributed by atoms with Crippen molar-refractivity contribution < 1.29 is 13.2 Å². The SMILES string of the molecule is CC[C@H](C(=O)Nc1cc(C)ccc1C)N(c1cccc(Cl)c1)S(C)(=O)=O. The van der Waals surface area contributed by atoms with Gasteiger partial charge in [0.25, 0.3) is 0 Å². The molecule has 0 aliphatic carbocycles. The van der Waals surface area contributed by atoms with E-state index in [4.69, 9.17) is 11.6 Å². The van der Waals surface area contributed by atoms with Crippen molar-refractivity contribution in [3.05, 3.63) is 58.6 Å². The maximum atomic E-state index is 12.9. The zero-order chi connectivity index (χ0) is 19.5. The van der Waals surface area contributed by atoms with Gasteiger partial charge < -0.3 is 5.32 Å². The molecule has 5 nitrogen and oxygen atoms in total. The second-order valence-electron chi connectivity index (χ2n) is 6.27. The Labute approximate surface area is 160 Å². The maximum absolute atomic E-state index is 12.9. The normalized spacial score (nSPS) is 12.5. The molecule has 0 heterocycles. The van der Waals surface area contributed by atoms with Crippen molar-refractivity contribution in [2.45, 2.75) is 33.2 Å². The summed E-state index contributed by atoms with van der Waals surface area (Å²) in [5.41, 5.74) is 2.96. The van der Waals surface area contributed by atoms with Crippen molar-refractivity contribution >= 4 is 38.9 Å². The van der Waals surface area contributed by atoms with Crippen molar-refractivity contribution in [3.8, 4) is 0 Å². The molecule has 2 aromatic rings. The van der Waals surface area contributed by atoms with Gasteiger partial charge in [0.15, 0.2) is 0 Å². The number of sulfonamides is 1. The maximum Gasteiger partial charge on any atom is 0.248 e. The summed E-state index contributed by atoms with van der Waals surface area (Å²) in [6.07, 6.45) is 1.40. The first kappa shape index (κ1) is 20.3. The molecule has 2 rings (SSSR count). The average Bonchev–Trinajstić information content (AvgIpc) is 2.54. The Balaban J connectivity index is 2.41. The fourth-order valence-electron chi connectivity index (χ4n) is 2.76. The van der Waals surface area contributed by atoms with Crippen LogP contribution in [0.2, 0.25) is 5.02 Å². The summed E-state index contributed by atoms with van der Waals surface area (Å²) in [7, 11) is -3.69. The van der Waals surface area contributed by atoms with Crippen LogP contribution in [0.4, 0.5) is 11.4 Å². The van der Waals surface area contributed by atoms with Crippen LogP contribution >= 0.6 is 11.6 Å². The van der Waals surface area contributed by atoms with E-state index in [1.54, 1.807) is 25.1 Å². The van der Waals surface area contributed by atoms with Gasteiger partial charge in [-0.3, -0.25) is 9.10 Å². The fraction of sp³-hybridized carbons (Fsp3) is 0.316. The predicted molar refractivity (Wildman–Crippen MR) is 107 cm³/mol. The Morgan fingerprint density at radius 2 is 1.88 bits per heavy atom. The third-order valence-corrected chi connectivity index (χ3v) is 5.46. The number of benzene rings is 2. The van der Waals surface area contributed by atoms with Crippen LogP contribution in [-0.4, -0.2) is 26.6 Å². The summed E-state index contributed by atoms with van der Waals surface area (Å²) in [6.45, 7) is 5.60. The minimum Gasteiger partial charge on any atom is -0.324 e. The molecule has 1 atom stereocenters. The van der Waals surface area contributed by atoms with Crippen LogP contribution in [0.3, 0.4) is 0 Å². The Morgan fingerprint density at radius 3 is 2.46 bits per heavy atom. The lowest BCUT2D eigenvalue weighted by molar-refractivity contribution is -0.117. The molecule has 7 heteroatoms. The van der Waals surface area contributed by atoms with Crippen LogP contribution in [0.5, 0.6) is 0 Å². The van der Waals surface area contributed by atoms with E-state index in [2.05, 4.69) is 5.32 Å². The summed E-state index contributed by atoms with van der Waals surface area (Å²) < 4.78 is 26.0. The van der Waals surface area contributed by atoms with E-state index >= 15 is 0 Å². The van der Waals surface area contributed by atoms with Gasteiger partial charge in [-0.2, -0.15) is 0 Å². The van der Waals surface area contributed by atoms with Crippen LogP contribution in [0.1, 0.15) is 24.5 Å². The molecular formula is C19H23ClN2O3S. The molecule has 0 saturated heterocycles. The van der Waals surface area contributed by atoms with Gasteiger partial charge in [0, 0.05) is 10.7 Å². The molecule has 2 aromatic carbocycles. The molecule has 1 N–H and O–H groups in total. The highest BCUT2D eigenvalue weighted by Crippen LogP contribution is 2.26. The lowest BCUT2D eigenvalue weighted by atomic mass is 10.1. The van der Waals surface area contributed by atoms with E-state index in [1.807, 2.05) is 32.0 Å². The van der Waals surface area contributed by atoms with Crippen molar-refractivity contribution in [2.24, 2.45) is 0 Å². The molecule has 0 aromatic heterocycles. The average molecular weight is 395 g/mol. The van der Waals surface area contributed by atoms with Gasteiger partial charge in [-0.05, 0) is 55.7 Å². The third kappa shape index (κ3) is 4.77. The Kier molecular flexibility index (Phi) is 6.31. The molecular weight excluding hydrogens is 372 g/mol. The zero-order valence-electron chi connectivity index (χ0n) is 15.3. The van der Waals surface area contributed by atoms with Crippen LogP contribution < -0.4 is 9.62 Å². The predicted octanol–water partition coefficient (Wildman–Crippen LogP) is 4.14. The Bertz CT molecular complexity index is 913. The molecule has 0 spiro atoms. The van der Waals surface area contributed by atoms with E-state index in [1.165, 1.54) is 6.07 Å². The van der Waals surface area contributed by atoms with Gasteiger partial charge in [0.2, 0.25) is 15.9 Å². The van der Waals surface area contributed by atoms with E-state index < -0.39 is 16.1 Å². The molecule has 0 aliphatic heterocycles. The van der Waals surface area contributed by atoms with E-state index in [0.717, 1.165) is 21.7 Å². The van der Waals surface area contributed by atoms with Crippen LogP contribution in [0.25, 0.3) is 0 Å². The highest BCUT2D eigenvalue weighted by Gasteiger charge is 2.31. The largest absolute Gasteiger partial charge is 0.324 e. The third-order valence-electron chi connectivity index (χ3n) is 4.04. The number of nitrogens with zero attached hydrogens (tertiary/aromatic N) is 1. The molecule has 0 fully saturated rings. The molecule has 0 saturated carbocycles. The van der Waals surface area contributed by atoms with E-state index in [-0.39, 0.29) is 5.91 Å². The minimum absolute atomic E-state index is 0.316. The smallest absolute Gasteiger partial charge is 0.248 e. The van der Waals surface area contributed by atoms with Gasteiger partial charge in [-0.1, -0.05) is 36.7 Å². The number of amides is 1. The van der Waals surface area contributed by atoms with E-state index in [0.29, 0.717) is 22.8 Å². The number of carbonyl (C=O) groups is 1. The molecule has 140 valence electrons. The molecule has 0 aliphatic rings. The van der Waals surface area contributed by atoms with Crippen LogP contribution in [-0.2, 0) is 14.8 Å². The van der Waals surface area contributed by atoms with Gasteiger partial charge in [0.1, 0.15) is 6.04 Å². The summed E-state index contributed by atoms with van der Waals surface area (Å²) in [5.74, 6) is -0.383. The monoisotopic (exact) mass is 394 g/mol. The number of nitrogens with one attached hydrogen (secondary N) is 1. The molecule has 0 unspecified atom stereocenters. The van der Waals surface area contributed by atoms with Gasteiger partial charge in [0.05, 0.1) is 11.9 Å². The summed E-state index contributed by atoms with van der Waals surface area (Å²) in [5, 5.41) is 3.26. The highest BCUT2D eigenvalue weighted by atomic mass is 35.5. The Morgan fingerprint density at radius 1 is 1.19 bits per heavy atom. The molecule has 0 bridgehead atoms. The van der Waals surface area contributed by atoms with Crippen molar-refractivity contribution in [1.29, 1.82) is 0 Å². The minimum atomic E-state index is -3.69. The lowest BCUT2D eigenvalue weighted by Crippen LogP contribution is -2.47. The first-order valence-electron chi connectivity index (χ1n) is 8.26. The highest BCUT2D eigenvalue weighted by molar-refractivity contribution is 7.92. The lowest BCUT2D eigenvalue weighted by Gasteiger charge is -2.30. The van der Waals surface area contributed by atoms with Crippen LogP contribution in [0.15, 0.2) is 42.5 Å². The number of halogens is 1. The van der Waals surface area contributed by atoms with Crippen molar-refractivity contribution in [2.75, 3.05) is 15.9 Å². The molecule has 0 radical (unpaired) electrons. The van der Waals surface area contributed by atoms with Crippen LogP contribution in [0, 0.1) is 13.8 Å². The van der Waals surface area contributed by atoms with Gasteiger partial charge >= 0.3 is 0 Å². The summed E-state index contributed by atoms with van der Waals surface area (Å²) >= 11 is 6.01. The first-order chi connectivity index (χ1) is 12.1. The molecule has 26 heavy (non-hydrogen) atoms. The number of rotatable bonds is 6. The van der Waals surface area contributed by atoms with Crippen molar-refractivity contribution in [1.82, 2.24) is 0 Å². The summed E-state index contributed by atoms with van der Waals surface area (Å²) in [6, 6.07) is 11.3. The number of aryl methyl sites for hydroxylation is 2. The molecule has 1 amide bonds. The number of hydrogen-bond donors (Lipinski definition) is 1.